The maximum Gasteiger partial charge on any atom is 0.220 e. The summed E-state index contributed by atoms with van der Waals surface area (Å²) in [5, 5.41) is 18.9. The number of carbonyl (C=O) groups excluding carboxylic acids is 1. The number of aliphatic hydroxyl groups is 2. The number of aliphatic hydroxyl groups excluding tert-OH is 1. The van der Waals surface area contributed by atoms with Crippen LogP contribution in [0.4, 0.5) is 0 Å². The third-order valence-electron chi connectivity index (χ3n) is 2.27. The lowest BCUT2D eigenvalue weighted by molar-refractivity contribution is -0.332. The summed E-state index contributed by atoms with van der Waals surface area (Å²) in [6.45, 7) is 1.33. The summed E-state index contributed by atoms with van der Waals surface area (Å²) >= 11 is 0. The lowest BCUT2D eigenvalue weighted by Gasteiger charge is -2.38. The summed E-state index contributed by atoms with van der Waals surface area (Å²) in [5.74, 6) is -1.73. The van der Waals surface area contributed by atoms with Crippen molar-refractivity contribution in [2.45, 2.75) is 31.0 Å². The Kier molecular flexibility index (Phi) is 1.53. The van der Waals surface area contributed by atoms with Crippen LogP contribution in [-0.4, -0.2) is 46.7 Å². The highest BCUT2D eigenvalue weighted by atomic mass is 16.7. The van der Waals surface area contributed by atoms with Crippen LogP contribution in [0.3, 0.4) is 0 Å². The molecule has 0 amide bonds. The molecule has 0 unspecified atom stereocenters. The SMILES string of the molecule is CC(=O)[C@H]1O[C@@]2(O)CO[C@@H]2[C@H]1O. The van der Waals surface area contributed by atoms with Gasteiger partial charge in [0, 0.05) is 0 Å². The zero-order valence-electron chi connectivity index (χ0n) is 6.56. The van der Waals surface area contributed by atoms with Gasteiger partial charge >= 0.3 is 0 Å². The first-order valence-corrected chi connectivity index (χ1v) is 3.75. The topological polar surface area (TPSA) is 76.0 Å². The van der Waals surface area contributed by atoms with Crippen LogP contribution in [0, 0.1) is 0 Å². The molecule has 0 saturated carbocycles. The molecule has 4 atom stereocenters. The van der Waals surface area contributed by atoms with Crippen LogP contribution in [-0.2, 0) is 14.3 Å². The molecule has 0 bridgehead atoms. The summed E-state index contributed by atoms with van der Waals surface area (Å²) < 4.78 is 9.83. The Hall–Kier alpha value is -0.490. The van der Waals surface area contributed by atoms with Gasteiger partial charge in [0.15, 0.2) is 5.78 Å². The Labute approximate surface area is 68.9 Å². The standard InChI is InChI=1S/C7H10O5/c1-3(8)5-4(9)6-7(10,12-5)2-11-6/h4-6,9-10H,2H2,1H3/t4-,5+,6+,7-/m0/s1. The van der Waals surface area contributed by atoms with E-state index in [0.717, 1.165) is 0 Å². The minimum atomic E-state index is -1.43. The van der Waals surface area contributed by atoms with E-state index in [9.17, 15) is 15.0 Å². The molecule has 2 N–H and O–H groups in total. The summed E-state index contributed by atoms with van der Waals surface area (Å²) in [5.41, 5.74) is 0. The van der Waals surface area contributed by atoms with E-state index >= 15 is 0 Å². The van der Waals surface area contributed by atoms with Crippen molar-refractivity contribution in [1.29, 1.82) is 0 Å². The highest BCUT2D eigenvalue weighted by Crippen LogP contribution is 2.39. The van der Waals surface area contributed by atoms with Gasteiger partial charge in [0.1, 0.15) is 24.9 Å². The van der Waals surface area contributed by atoms with E-state index in [1.807, 2.05) is 0 Å². The summed E-state index contributed by atoms with van der Waals surface area (Å²) in [4.78, 5) is 10.9. The summed E-state index contributed by atoms with van der Waals surface area (Å²) in [7, 11) is 0. The number of hydrogen-bond donors (Lipinski definition) is 2. The number of fused-ring (bicyclic) bond motifs is 1. The Morgan fingerprint density at radius 2 is 2.33 bits per heavy atom. The van der Waals surface area contributed by atoms with Crippen molar-refractivity contribution in [2.24, 2.45) is 0 Å². The molecule has 0 aromatic heterocycles. The normalized spacial score (nSPS) is 51.4. The molecule has 68 valence electrons. The smallest absolute Gasteiger partial charge is 0.220 e. The van der Waals surface area contributed by atoms with E-state index in [4.69, 9.17) is 9.47 Å². The quantitative estimate of drug-likeness (QED) is 0.502. The van der Waals surface area contributed by atoms with E-state index in [2.05, 4.69) is 0 Å². The molecule has 2 rings (SSSR count). The number of ketones is 1. The fraction of sp³-hybridized carbons (Fsp3) is 0.857. The zero-order chi connectivity index (χ0) is 8.93. The molecule has 0 aliphatic carbocycles. The van der Waals surface area contributed by atoms with E-state index < -0.39 is 24.1 Å². The van der Waals surface area contributed by atoms with Crippen molar-refractivity contribution in [3.63, 3.8) is 0 Å². The molecule has 12 heavy (non-hydrogen) atoms. The predicted molar refractivity (Wildman–Crippen MR) is 36.3 cm³/mol. The van der Waals surface area contributed by atoms with Crippen molar-refractivity contribution in [1.82, 2.24) is 0 Å². The van der Waals surface area contributed by atoms with Crippen molar-refractivity contribution in [3.05, 3.63) is 0 Å². The van der Waals surface area contributed by atoms with Gasteiger partial charge in [-0.2, -0.15) is 0 Å². The molecule has 5 nitrogen and oxygen atoms in total. The fourth-order valence-electron chi connectivity index (χ4n) is 1.56. The van der Waals surface area contributed by atoms with Crippen LogP contribution < -0.4 is 0 Å². The van der Waals surface area contributed by atoms with Gasteiger partial charge in [0.25, 0.3) is 0 Å². The Bertz CT molecular complexity index is 228. The zero-order valence-corrected chi connectivity index (χ0v) is 6.56. The van der Waals surface area contributed by atoms with E-state index in [1.54, 1.807) is 0 Å². The average molecular weight is 174 g/mol. The minimum Gasteiger partial charge on any atom is -0.387 e. The third-order valence-corrected chi connectivity index (χ3v) is 2.27. The monoisotopic (exact) mass is 174 g/mol. The van der Waals surface area contributed by atoms with Crippen LogP contribution in [0.25, 0.3) is 0 Å². The van der Waals surface area contributed by atoms with Crippen molar-refractivity contribution >= 4 is 5.78 Å². The van der Waals surface area contributed by atoms with Gasteiger partial charge in [-0.25, -0.2) is 0 Å². The van der Waals surface area contributed by atoms with Crippen LogP contribution in [0.1, 0.15) is 6.92 Å². The Morgan fingerprint density at radius 1 is 1.67 bits per heavy atom. The summed E-state index contributed by atoms with van der Waals surface area (Å²) in [6.07, 6.45) is -2.74. The molecule has 2 aliphatic rings. The highest BCUT2D eigenvalue weighted by molar-refractivity contribution is 5.81. The molecule has 2 aliphatic heterocycles. The molecule has 0 radical (unpaired) electrons. The molecule has 0 aromatic carbocycles. The molecule has 2 saturated heterocycles. The third kappa shape index (κ3) is 0.847. The van der Waals surface area contributed by atoms with Crippen LogP contribution in [0.2, 0.25) is 0 Å². The van der Waals surface area contributed by atoms with Crippen molar-refractivity contribution < 1.29 is 24.5 Å². The maximum atomic E-state index is 10.9. The number of rotatable bonds is 1. The van der Waals surface area contributed by atoms with E-state index in [0.29, 0.717) is 0 Å². The number of hydrogen-bond acceptors (Lipinski definition) is 5. The maximum absolute atomic E-state index is 10.9. The lowest BCUT2D eigenvalue weighted by atomic mass is 10.00. The lowest BCUT2D eigenvalue weighted by Crippen LogP contribution is -2.58. The second-order valence-electron chi connectivity index (χ2n) is 3.22. The van der Waals surface area contributed by atoms with E-state index in [-0.39, 0.29) is 12.4 Å². The van der Waals surface area contributed by atoms with Gasteiger partial charge in [-0.15, -0.1) is 0 Å². The molecule has 0 aromatic rings. The molecule has 2 fully saturated rings. The first-order chi connectivity index (χ1) is 5.54. The number of Topliss-reactive ketones (excluding diaryl/α,β-unsaturated/α-hetero) is 1. The van der Waals surface area contributed by atoms with Gasteiger partial charge in [-0.3, -0.25) is 4.79 Å². The first-order valence-electron chi connectivity index (χ1n) is 3.75. The molecular weight excluding hydrogens is 164 g/mol. The molecule has 2 heterocycles. The first kappa shape index (κ1) is 8.12. The predicted octanol–water partition coefficient (Wildman–Crippen LogP) is -1.58. The Balaban J connectivity index is 2.18. The van der Waals surface area contributed by atoms with Gasteiger partial charge in [0.2, 0.25) is 5.79 Å². The largest absolute Gasteiger partial charge is 0.387 e. The minimum absolute atomic E-state index is 0.0263. The second kappa shape index (κ2) is 2.26. The van der Waals surface area contributed by atoms with Crippen molar-refractivity contribution in [3.8, 4) is 0 Å². The highest BCUT2D eigenvalue weighted by Gasteiger charge is 2.62. The van der Waals surface area contributed by atoms with Crippen LogP contribution in [0.5, 0.6) is 0 Å². The number of carbonyl (C=O) groups is 1. The summed E-state index contributed by atoms with van der Waals surface area (Å²) in [6, 6.07) is 0. The average Bonchev–Trinajstić information content (AvgIpc) is 2.10. The second-order valence-corrected chi connectivity index (χ2v) is 3.22. The van der Waals surface area contributed by atoms with Gasteiger partial charge in [-0.1, -0.05) is 0 Å². The van der Waals surface area contributed by atoms with E-state index in [1.165, 1.54) is 6.92 Å². The molecule has 0 spiro atoms. The fourth-order valence-corrected chi connectivity index (χ4v) is 1.56. The van der Waals surface area contributed by atoms with Crippen LogP contribution >= 0.6 is 0 Å². The molecular formula is C7H10O5. The molecule has 5 heteroatoms. The van der Waals surface area contributed by atoms with Crippen molar-refractivity contribution in [2.75, 3.05) is 6.61 Å². The van der Waals surface area contributed by atoms with Crippen LogP contribution in [0.15, 0.2) is 0 Å². The number of ether oxygens (including phenoxy) is 2. The van der Waals surface area contributed by atoms with Gasteiger partial charge < -0.3 is 19.7 Å². The Morgan fingerprint density at radius 3 is 2.58 bits per heavy atom. The van der Waals surface area contributed by atoms with Gasteiger partial charge in [-0.05, 0) is 6.92 Å². The van der Waals surface area contributed by atoms with Gasteiger partial charge in [0.05, 0.1) is 0 Å².